The fourth-order valence-electron chi connectivity index (χ4n) is 6.75. The molecule has 0 radical (unpaired) electrons. The molecule has 13 nitrogen and oxygen atoms in total. The van der Waals surface area contributed by atoms with Gasteiger partial charge in [0.15, 0.2) is 6.29 Å². The van der Waals surface area contributed by atoms with Crippen LogP contribution >= 0.6 is 0 Å². The van der Waals surface area contributed by atoms with E-state index >= 15 is 0 Å². The number of nitrogens with one attached hydrogen (secondary N) is 2. The van der Waals surface area contributed by atoms with Gasteiger partial charge in [-0.3, -0.25) is 0 Å². The van der Waals surface area contributed by atoms with Crippen molar-refractivity contribution in [2.45, 2.75) is 191 Å². The zero-order chi connectivity index (χ0) is 35.3. The lowest BCUT2D eigenvalue weighted by Gasteiger charge is -2.61. The van der Waals surface area contributed by atoms with Crippen molar-refractivity contribution in [3.05, 3.63) is 0 Å². The largest absolute Gasteiger partial charge is 0.447 e. The highest BCUT2D eigenvalue weighted by molar-refractivity contribution is 5.69. The Balaban J connectivity index is 1.45. The Morgan fingerprint density at radius 1 is 0.833 bits per heavy atom. The summed E-state index contributed by atoms with van der Waals surface area (Å²) in [5.74, 6) is 0.658. The van der Waals surface area contributed by atoms with Gasteiger partial charge in [-0.2, -0.15) is 0 Å². The Kier molecular flexibility index (Phi) is 16.6. The Bertz CT molecular complexity index is 946. The molecule has 0 spiro atoms. The summed E-state index contributed by atoms with van der Waals surface area (Å²) < 4.78 is 21.9. The number of alkyl carbamates (subject to hydrolysis) is 2. The molecule has 4 fully saturated rings. The summed E-state index contributed by atoms with van der Waals surface area (Å²) in [6.07, 6.45) is 5.31. The fourth-order valence-corrected chi connectivity index (χ4v) is 6.75. The van der Waals surface area contributed by atoms with Crippen molar-refractivity contribution < 1.29 is 54.1 Å². The normalized spacial score (nSPS) is 29.9. The summed E-state index contributed by atoms with van der Waals surface area (Å²) in [6.45, 7) is 6.45. The number of hydrogen-bond donors (Lipinski definition) is 7. The predicted octanol–water partition coefficient (Wildman–Crippen LogP) is 3.80. The number of ether oxygens (including phenoxy) is 4. The Morgan fingerprint density at radius 3 is 1.92 bits per heavy atom. The third-order valence-electron chi connectivity index (χ3n) is 9.75. The summed E-state index contributed by atoms with van der Waals surface area (Å²) in [7, 11) is 0. The molecule has 4 aliphatic rings. The van der Waals surface area contributed by atoms with Crippen molar-refractivity contribution in [1.82, 2.24) is 10.6 Å². The zero-order valence-electron chi connectivity index (χ0n) is 29.6. The molecule has 3 saturated carbocycles. The van der Waals surface area contributed by atoms with E-state index in [4.69, 9.17) is 18.9 Å². The van der Waals surface area contributed by atoms with E-state index in [1.165, 1.54) is 51.4 Å². The molecule has 7 N–H and O–H groups in total. The van der Waals surface area contributed by atoms with E-state index in [1.807, 2.05) is 0 Å². The van der Waals surface area contributed by atoms with Gasteiger partial charge in [-0.25, -0.2) is 9.59 Å². The third-order valence-corrected chi connectivity index (χ3v) is 9.75. The molecular weight excluding hydrogens is 624 g/mol. The van der Waals surface area contributed by atoms with E-state index in [-0.39, 0.29) is 5.54 Å². The quantitative estimate of drug-likeness (QED) is 0.0818. The molecule has 1 heterocycles. The lowest BCUT2D eigenvalue weighted by atomic mass is 9.50. The molecule has 4 rings (SSSR count). The van der Waals surface area contributed by atoms with Crippen molar-refractivity contribution >= 4 is 12.2 Å². The first-order valence-corrected chi connectivity index (χ1v) is 18.4. The smallest absolute Gasteiger partial charge is 0.408 e. The minimum absolute atomic E-state index is 0.205. The summed E-state index contributed by atoms with van der Waals surface area (Å²) in [5, 5.41) is 58.8. The summed E-state index contributed by atoms with van der Waals surface area (Å²) >= 11 is 0. The molecule has 280 valence electrons. The van der Waals surface area contributed by atoms with Gasteiger partial charge in [0.2, 0.25) is 0 Å². The highest BCUT2D eigenvalue weighted by atomic mass is 16.7. The highest BCUT2D eigenvalue weighted by Crippen LogP contribution is 2.56. The van der Waals surface area contributed by atoms with Crippen LogP contribution in [-0.4, -0.2) is 111 Å². The molecule has 2 amide bonds. The zero-order valence-corrected chi connectivity index (χ0v) is 29.6. The number of rotatable bonds is 22. The van der Waals surface area contributed by atoms with E-state index in [1.54, 1.807) is 20.8 Å². The standard InChI is InChI=1S/C35H64N2O11/c1-5-6-7-8-9-10-11-12-13-14-15-16-17-25(38)27(39)24(36-32(43)48-34(2,3)4)21-45-31-30(42)29(41)28(40)26(47-31)22-46-33(44)37-35-18-23(19-35)20-35/h23-31,38-42H,5-22H2,1-4H3,(H,36,43)(H,37,44)/t23?,24-,25+,26+,27-,28-,29-,30+,31-,35?/m0/s1. The molecule has 48 heavy (non-hydrogen) atoms. The Labute approximate surface area is 286 Å². The van der Waals surface area contributed by atoms with Crippen LogP contribution < -0.4 is 10.6 Å². The number of hydrogen-bond acceptors (Lipinski definition) is 11. The number of carbonyl (C=O) groups excluding carboxylic acids is 2. The van der Waals surface area contributed by atoms with E-state index < -0.39 is 80.0 Å². The number of unbranched alkanes of at least 4 members (excludes halogenated alkanes) is 11. The van der Waals surface area contributed by atoms with Crippen LogP contribution in [-0.2, 0) is 18.9 Å². The van der Waals surface area contributed by atoms with Crippen molar-refractivity contribution in [3.8, 4) is 0 Å². The van der Waals surface area contributed by atoms with Gasteiger partial charge in [0, 0.05) is 5.54 Å². The maximum absolute atomic E-state index is 12.6. The van der Waals surface area contributed by atoms with Crippen LogP contribution in [0.15, 0.2) is 0 Å². The van der Waals surface area contributed by atoms with Gasteiger partial charge < -0.3 is 55.1 Å². The van der Waals surface area contributed by atoms with Crippen molar-refractivity contribution in [2.24, 2.45) is 5.92 Å². The van der Waals surface area contributed by atoms with Crippen LogP contribution in [0.3, 0.4) is 0 Å². The Morgan fingerprint density at radius 2 is 1.40 bits per heavy atom. The second-order valence-electron chi connectivity index (χ2n) is 15.3. The van der Waals surface area contributed by atoms with Gasteiger partial charge in [-0.15, -0.1) is 0 Å². The van der Waals surface area contributed by atoms with Crippen molar-refractivity contribution in [3.63, 3.8) is 0 Å². The molecule has 1 aliphatic heterocycles. The van der Waals surface area contributed by atoms with Gasteiger partial charge in [0.1, 0.15) is 42.7 Å². The molecule has 1 saturated heterocycles. The molecule has 0 aromatic carbocycles. The maximum Gasteiger partial charge on any atom is 0.408 e. The molecular formula is C35H64N2O11. The number of aliphatic hydroxyl groups excluding tert-OH is 5. The molecule has 0 aromatic heterocycles. The summed E-state index contributed by atoms with van der Waals surface area (Å²) in [6, 6.07) is -1.17. The maximum atomic E-state index is 12.6. The van der Waals surface area contributed by atoms with Crippen LogP contribution in [0.25, 0.3) is 0 Å². The second kappa shape index (κ2) is 19.6. The Hall–Kier alpha value is -1.74. The molecule has 13 heteroatoms. The van der Waals surface area contributed by atoms with E-state index in [0.29, 0.717) is 18.8 Å². The van der Waals surface area contributed by atoms with Crippen LogP contribution in [0.2, 0.25) is 0 Å². The first-order chi connectivity index (χ1) is 22.7. The van der Waals surface area contributed by atoms with Gasteiger partial charge >= 0.3 is 12.2 Å². The average molecular weight is 689 g/mol. The van der Waals surface area contributed by atoms with Crippen molar-refractivity contribution in [1.29, 1.82) is 0 Å². The van der Waals surface area contributed by atoms with Crippen molar-refractivity contribution in [2.75, 3.05) is 13.2 Å². The van der Waals surface area contributed by atoms with Gasteiger partial charge in [0.05, 0.1) is 18.8 Å². The van der Waals surface area contributed by atoms with Crippen LogP contribution in [0.5, 0.6) is 0 Å². The van der Waals surface area contributed by atoms with Crippen LogP contribution in [0.4, 0.5) is 9.59 Å². The molecule has 3 aliphatic carbocycles. The highest BCUT2D eigenvalue weighted by Gasteiger charge is 2.57. The molecule has 8 atom stereocenters. The summed E-state index contributed by atoms with van der Waals surface area (Å²) in [5.41, 5.74) is -1.03. The fraction of sp³-hybridized carbons (Fsp3) is 0.943. The van der Waals surface area contributed by atoms with Crippen LogP contribution in [0, 0.1) is 5.92 Å². The average Bonchev–Trinajstić information content (AvgIpc) is 2.98. The monoisotopic (exact) mass is 688 g/mol. The first-order valence-electron chi connectivity index (χ1n) is 18.4. The molecule has 2 bridgehead atoms. The van der Waals surface area contributed by atoms with E-state index in [2.05, 4.69) is 17.6 Å². The molecule has 0 unspecified atom stereocenters. The SMILES string of the molecule is CCCCCCCCCCCCCC[C@@H](O)[C@@H](O)[C@H](CO[C@H]1O[C@H](COC(=O)NC23CC(C2)C3)[C@H](O)[C@H](O)[C@H]1O)NC(=O)OC(C)(C)C. The van der Waals surface area contributed by atoms with Crippen LogP contribution in [0.1, 0.15) is 130 Å². The van der Waals surface area contributed by atoms with E-state index in [0.717, 1.165) is 38.5 Å². The first kappa shape index (κ1) is 40.7. The van der Waals surface area contributed by atoms with Gasteiger partial charge in [-0.05, 0) is 52.4 Å². The van der Waals surface area contributed by atoms with Gasteiger partial charge in [0.25, 0.3) is 0 Å². The van der Waals surface area contributed by atoms with E-state index in [9.17, 15) is 35.1 Å². The molecule has 0 aromatic rings. The minimum atomic E-state index is -1.68. The van der Waals surface area contributed by atoms with Gasteiger partial charge in [-0.1, -0.05) is 84.0 Å². The lowest BCUT2D eigenvalue weighted by Crippen LogP contribution is -2.68. The predicted molar refractivity (Wildman–Crippen MR) is 178 cm³/mol. The second-order valence-corrected chi connectivity index (χ2v) is 15.3. The topological polar surface area (TPSA) is 196 Å². The minimum Gasteiger partial charge on any atom is -0.447 e. The number of carbonyl (C=O) groups is 2. The lowest BCUT2D eigenvalue weighted by molar-refractivity contribution is -0.303. The summed E-state index contributed by atoms with van der Waals surface area (Å²) in [4.78, 5) is 24.9. The number of aliphatic hydroxyl groups is 5. The third kappa shape index (κ3) is 13.2. The number of amides is 2.